The average Bonchev–Trinajstić information content (AvgIpc) is 3.03. The number of piperidine rings is 1. The van der Waals surface area contributed by atoms with Gasteiger partial charge in [0.05, 0.1) is 5.69 Å². The molecule has 1 aromatic heterocycles. The molecule has 0 radical (unpaired) electrons. The van der Waals surface area contributed by atoms with Crippen LogP contribution in [0.1, 0.15) is 52.4 Å². The van der Waals surface area contributed by atoms with E-state index < -0.39 is 0 Å². The SMILES string of the molecule is CCCN1CCC(N2C[C@H]3CCCCN(c4ncccc4NC(C)=O)[C@H]3C2)CC1. The van der Waals surface area contributed by atoms with E-state index in [1.54, 1.807) is 6.92 Å². The van der Waals surface area contributed by atoms with Crippen molar-refractivity contribution in [3.8, 4) is 0 Å². The topological polar surface area (TPSA) is 51.7 Å². The molecular weight excluding hydrogens is 362 g/mol. The molecule has 0 spiro atoms. The highest BCUT2D eigenvalue weighted by Crippen LogP contribution is 2.37. The number of hydrogen-bond donors (Lipinski definition) is 1. The lowest BCUT2D eigenvalue weighted by molar-refractivity contribution is -0.114. The minimum atomic E-state index is -0.0301. The molecule has 3 saturated heterocycles. The summed E-state index contributed by atoms with van der Waals surface area (Å²) in [6, 6.07) is 5.14. The highest BCUT2D eigenvalue weighted by Gasteiger charge is 2.41. The van der Waals surface area contributed by atoms with Crippen molar-refractivity contribution in [2.45, 2.75) is 64.5 Å². The first-order valence-electron chi connectivity index (χ1n) is 11.6. The predicted octanol–water partition coefficient (Wildman–Crippen LogP) is 3.21. The molecule has 4 rings (SSSR count). The summed E-state index contributed by atoms with van der Waals surface area (Å²) in [5.41, 5.74) is 0.854. The van der Waals surface area contributed by atoms with E-state index in [4.69, 9.17) is 4.98 Å². The fraction of sp³-hybridized carbons (Fsp3) is 0.739. The molecule has 3 aliphatic rings. The Balaban J connectivity index is 1.48. The highest BCUT2D eigenvalue weighted by molar-refractivity contribution is 5.92. The zero-order valence-corrected chi connectivity index (χ0v) is 18.1. The lowest BCUT2D eigenvalue weighted by Crippen LogP contribution is -2.46. The number of nitrogens with zero attached hydrogens (tertiary/aromatic N) is 4. The number of hydrogen-bond acceptors (Lipinski definition) is 5. The number of rotatable bonds is 5. The molecule has 160 valence electrons. The third-order valence-electron chi connectivity index (χ3n) is 7.04. The molecule has 1 aromatic rings. The van der Waals surface area contributed by atoms with Gasteiger partial charge in [0.2, 0.25) is 5.91 Å². The molecule has 0 aromatic carbocycles. The van der Waals surface area contributed by atoms with Gasteiger partial charge in [0, 0.05) is 44.8 Å². The summed E-state index contributed by atoms with van der Waals surface area (Å²) in [4.78, 5) is 24.3. The second-order valence-corrected chi connectivity index (χ2v) is 9.10. The lowest BCUT2D eigenvalue weighted by Gasteiger charge is -2.37. The van der Waals surface area contributed by atoms with Crippen LogP contribution in [0.5, 0.6) is 0 Å². The average molecular weight is 400 g/mol. The summed E-state index contributed by atoms with van der Waals surface area (Å²) in [5, 5.41) is 3.00. The Morgan fingerprint density at radius 3 is 2.76 bits per heavy atom. The van der Waals surface area contributed by atoms with Gasteiger partial charge in [-0.3, -0.25) is 9.69 Å². The molecule has 0 unspecified atom stereocenters. The fourth-order valence-corrected chi connectivity index (χ4v) is 5.68. The van der Waals surface area contributed by atoms with E-state index in [1.165, 1.54) is 64.7 Å². The number of carbonyl (C=O) groups is 1. The van der Waals surface area contributed by atoms with Crippen LogP contribution in [0.15, 0.2) is 18.3 Å². The zero-order valence-electron chi connectivity index (χ0n) is 18.1. The summed E-state index contributed by atoms with van der Waals surface area (Å²) in [6.07, 6.45) is 9.54. The molecule has 3 aliphatic heterocycles. The van der Waals surface area contributed by atoms with Crippen LogP contribution in [0, 0.1) is 5.92 Å². The van der Waals surface area contributed by atoms with Crippen LogP contribution in [0.4, 0.5) is 11.5 Å². The van der Waals surface area contributed by atoms with Gasteiger partial charge in [-0.2, -0.15) is 0 Å². The third-order valence-corrected chi connectivity index (χ3v) is 7.04. The normalized spacial score (nSPS) is 26.9. The number of fused-ring (bicyclic) bond motifs is 1. The summed E-state index contributed by atoms with van der Waals surface area (Å²) in [6.45, 7) is 11.0. The number of carbonyl (C=O) groups excluding carboxylic acids is 1. The van der Waals surface area contributed by atoms with Crippen LogP contribution in [-0.2, 0) is 4.79 Å². The zero-order chi connectivity index (χ0) is 20.2. The van der Waals surface area contributed by atoms with E-state index in [0.717, 1.165) is 30.6 Å². The summed E-state index contributed by atoms with van der Waals surface area (Å²) < 4.78 is 0. The van der Waals surface area contributed by atoms with Crippen molar-refractivity contribution in [2.24, 2.45) is 5.92 Å². The minimum Gasteiger partial charge on any atom is -0.350 e. The van der Waals surface area contributed by atoms with Gasteiger partial charge in [0.1, 0.15) is 0 Å². The molecule has 1 amide bonds. The maximum absolute atomic E-state index is 11.7. The fourth-order valence-electron chi connectivity index (χ4n) is 5.68. The first-order chi connectivity index (χ1) is 14.2. The first-order valence-corrected chi connectivity index (χ1v) is 11.6. The molecule has 3 fully saturated rings. The van der Waals surface area contributed by atoms with E-state index in [1.807, 2.05) is 18.3 Å². The summed E-state index contributed by atoms with van der Waals surface area (Å²) in [5.74, 6) is 1.63. The van der Waals surface area contributed by atoms with Crippen molar-refractivity contribution < 1.29 is 4.79 Å². The predicted molar refractivity (Wildman–Crippen MR) is 118 cm³/mol. The van der Waals surface area contributed by atoms with Crippen molar-refractivity contribution >= 4 is 17.4 Å². The van der Waals surface area contributed by atoms with Crippen molar-refractivity contribution in [2.75, 3.05) is 49.5 Å². The van der Waals surface area contributed by atoms with Gasteiger partial charge in [-0.05, 0) is 69.8 Å². The van der Waals surface area contributed by atoms with Crippen LogP contribution in [0.25, 0.3) is 0 Å². The van der Waals surface area contributed by atoms with Crippen LogP contribution in [0.2, 0.25) is 0 Å². The van der Waals surface area contributed by atoms with Gasteiger partial charge >= 0.3 is 0 Å². The molecule has 4 heterocycles. The third kappa shape index (κ3) is 4.75. The van der Waals surface area contributed by atoms with Crippen LogP contribution >= 0.6 is 0 Å². The van der Waals surface area contributed by atoms with Gasteiger partial charge in [0.15, 0.2) is 5.82 Å². The minimum absolute atomic E-state index is 0.0301. The largest absolute Gasteiger partial charge is 0.350 e. The van der Waals surface area contributed by atoms with Crippen molar-refractivity contribution in [3.63, 3.8) is 0 Å². The van der Waals surface area contributed by atoms with Crippen LogP contribution < -0.4 is 10.2 Å². The lowest BCUT2D eigenvalue weighted by atomic mass is 9.98. The molecule has 6 heteroatoms. The number of amides is 1. The molecular formula is C23H37N5O. The number of pyridine rings is 1. The van der Waals surface area contributed by atoms with Gasteiger partial charge in [-0.25, -0.2) is 4.98 Å². The van der Waals surface area contributed by atoms with Crippen molar-refractivity contribution in [1.82, 2.24) is 14.8 Å². The molecule has 1 N–H and O–H groups in total. The molecule has 2 atom stereocenters. The smallest absolute Gasteiger partial charge is 0.221 e. The second kappa shape index (κ2) is 9.43. The first kappa shape index (κ1) is 20.6. The Hall–Kier alpha value is -1.66. The Morgan fingerprint density at radius 1 is 1.17 bits per heavy atom. The second-order valence-electron chi connectivity index (χ2n) is 9.10. The standard InChI is InChI=1S/C23H37N5O/c1-3-12-26-14-9-20(10-15-26)27-16-19-7-4-5-13-28(22(19)17-27)23-21(25-18(2)29)8-6-11-24-23/h6,8,11,19-20,22H,3-5,7,9-10,12-17H2,1-2H3,(H,25,29)/t19-,22+/m1/s1. The van der Waals surface area contributed by atoms with Crippen molar-refractivity contribution in [1.29, 1.82) is 0 Å². The van der Waals surface area contributed by atoms with E-state index >= 15 is 0 Å². The maximum atomic E-state index is 11.7. The van der Waals surface area contributed by atoms with Gasteiger partial charge in [-0.1, -0.05) is 13.3 Å². The van der Waals surface area contributed by atoms with E-state index in [9.17, 15) is 4.79 Å². The Labute approximate surface area is 175 Å². The van der Waals surface area contributed by atoms with E-state index in [0.29, 0.717) is 12.0 Å². The van der Waals surface area contributed by atoms with E-state index in [-0.39, 0.29) is 5.91 Å². The number of nitrogens with one attached hydrogen (secondary N) is 1. The van der Waals surface area contributed by atoms with Gasteiger partial charge in [-0.15, -0.1) is 0 Å². The molecule has 6 nitrogen and oxygen atoms in total. The number of likely N-dealkylation sites (tertiary alicyclic amines) is 2. The summed E-state index contributed by atoms with van der Waals surface area (Å²) in [7, 11) is 0. The molecule has 0 bridgehead atoms. The van der Waals surface area contributed by atoms with Gasteiger partial charge < -0.3 is 15.1 Å². The monoisotopic (exact) mass is 399 g/mol. The number of aromatic nitrogens is 1. The molecule has 0 aliphatic carbocycles. The van der Waals surface area contributed by atoms with E-state index in [2.05, 4.69) is 26.9 Å². The summed E-state index contributed by atoms with van der Waals surface area (Å²) >= 11 is 0. The maximum Gasteiger partial charge on any atom is 0.221 e. The highest BCUT2D eigenvalue weighted by atomic mass is 16.1. The quantitative estimate of drug-likeness (QED) is 0.824. The molecule has 0 saturated carbocycles. The van der Waals surface area contributed by atoms with Crippen LogP contribution in [0.3, 0.4) is 0 Å². The van der Waals surface area contributed by atoms with Gasteiger partial charge in [0.25, 0.3) is 0 Å². The number of anilines is 2. The Bertz CT molecular complexity index is 688. The Kier molecular flexibility index (Phi) is 6.70. The van der Waals surface area contributed by atoms with Crippen LogP contribution in [-0.4, -0.2) is 72.0 Å². The van der Waals surface area contributed by atoms with Crippen molar-refractivity contribution in [3.05, 3.63) is 18.3 Å². The molecule has 29 heavy (non-hydrogen) atoms. The Morgan fingerprint density at radius 2 is 2.00 bits per heavy atom.